The maximum absolute atomic E-state index is 11.4. The average molecular weight is 545 g/mol. The van der Waals surface area contributed by atoms with Crippen LogP contribution in [0.5, 0.6) is 5.75 Å². The van der Waals surface area contributed by atoms with Crippen molar-refractivity contribution < 1.29 is 26.7 Å². The third kappa shape index (κ3) is 9.86. The number of sulfonamides is 2. The Labute approximate surface area is 211 Å². The molecule has 0 spiro atoms. The van der Waals surface area contributed by atoms with Gasteiger partial charge < -0.3 is 9.84 Å². The van der Waals surface area contributed by atoms with E-state index in [0.717, 1.165) is 29.1 Å². The van der Waals surface area contributed by atoms with Gasteiger partial charge in [-0.25, -0.2) is 16.8 Å². The zero-order valence-corrected chi connectivity index (χ0v) is 22.0. The highest BCUT2D eigenvalue weighted by Crippen LogP contribution is 2.20. The molecule has 0 aliphatic carbocycles. The molecule has 1 atom stereocenters. The molecule has 0 amide bonds. The van der Waals surface area contributed by atoms with Crippen LogP contribution in [0.25, 0.3) is 10.9 Å². The number of halogens is 1. The number of aromatic nitrogens is 1. The third-order valence-corrected chi connectivity index (χ3v) is 5.82. The lowest BCUT2D eigenvalue weighted by atomic mass is 10.2. The fraction of sp³-hybridized carbons (Fsp3) is 0.318. The van der Waals surface area contributed by atoms with Crippen LogP contribution >= 0.6 is 12.4 Å². The standard InChI is InChI=1S/C22H28N4O6S2.ClH/c1-26(14-20(27)15-32-21-9-6-17(7-10-21)24-33(2,28)29)13-19-5-4-16-12-18(25-34(3,30)31)8-11-22(16)23-19;/h4-12,20,24-25,27H,13-15H2,1-3H3;1H. The quantitative estimate of drug-likeness (QED) is 0.334. The second kappa shape index (κ2) is 11.9. The van der Waals surface area contributed by atoms with Gasteiger partial charge in [-0.1, -0.05) is 6.07 Å². The SMILES string of the molecule is CN(Cc1ccc2cc(NS(C)(=O)=O)ccc2n1)CC(O)COc1ccc(NS(C)(=O)=O)cc1.Cl. The number of nitrogens with one attached hydrogen (secondary N) is 2. The van der Waals surface area contributed by atoms with Crippen molar-refractivity contribution in [1.82, 2.24) is 9.88 Å². The number of fused-ring (bicyclic) bond motifs is 1. The lowest BCUT2D eigenvalue weighted by Gasteiger charge is -2.20. The number of ether oxygens (including phenoxy) is 1. The first-order chi connectivity index (χ1) is 15.9. The van der Waals surface area contributed by atoms with Crippen LogP contribution < -0.4 is 14.2 Å². The van der Waals surface area contributed by atoms with Gasteiger partial charge in [0.05, 0.1) is 23.7 Å². The topological polar surface area (TPSA) is 138 Å². The third-order valence-electron chi connectivity index (χ3n) is 4.60. The van der Waals surface area contributed by atoms with Crippen molar-refractivity contribution >= 4 is 54.7 Å². The Morgan fingerprint density at radius 1 is 0.943 bits per heavy atom. The molecule has 1 aromatic heterocycles. The molecule has 1 heterocycles. The second-order valence-electron chi connectivity index (χ2n) is 8.14. The van der Waals surface area contributed by atoms with Gasteiger partial charge in [-0.15, -0.1) is 12.4 Å². The Bertz CT molecular complexity index is 1350. The first kappa shape index (κ1) is 28.6. The van der Waals surface area contributed by atoms with Crippen LogP contribution in [-0.4, -0.2) is 70.6 Å². The Balaban J connectivity index is 0.00000432. The number of rotatable bonds is 11. The van der Waals surface area contributed by atoms with Crippen molar-refractivity contribution in [1.29, 1.82) is 0 Å². The smallest absolute Gasteiger partial charge is 0.229 e. The van der Waals surface area contributed by atoms with Crippen molar-refractivity contribution in [2.45, 2.75) is 12.6 Å². The van der Waals surface area contributed by atoms with E-state index in [4.69, 9.17) is 4.74 Å². The van der Waals surface area contributed by atoms with E-state index in [1.165, 1.54) is 0 Å². The monoisotopic (exact) mass is 544 g/mol. The Kier molecular flexibility index (Phi) is 9.69. The van der Waals surface area contributed by atoms with E-state index in [9.17, 15) is 21.9 Å². The molecule has 0 fully saturated rings. The first-order valence-electron chi connectivity index (χ1n) is 10.3. The number of nitrogens with zero attached hydrogens (tertiary/aromatic N) is 2. The van der Waals surface area contributed by atoms with Crippen LogP contribution in [0.1, 0.15) is 5.69 Å². The summed E-state index contributed by atoms with van der Waals surface area (Å²) in [4.78, 5) is 6.52. The number of benzene rings is 2. The molecule has 3 N–H and O–H groups in total. The van der Waals surface area contributed by atoms with Crippen molar-refractivity contribution in [2.75, 3.05) is 42.2 Å². The Hall–Kier alpha value is -2.64. The summed E-state index contributed by atoms with van der Waals surface area (Å²) >= 11 is 0. The number of aliphatic hydroxyl groups excluding tert-OH is 1. The van der Waals surface area contributed by atoms with Crippen LogP contribution in [0.3, 0.4) is 0 Å². The number of likely N-dealkylation sites (N-methyl/N-ethyl adjacent to an activating group) is 1. The maximum Gasteiger partial charge on any atom is 0.229 e. The van der Waals surface area contributed by atoms with Gasteiger partial charge >= 0.3 is 0 Å². The molecule has 35 heavy (non-hydrogen) atoms. The molecule has 13 heteroatoms. The fourth-order valence-corrected chi connectivity index (χ4v) is 4.43. The summed E-state index contributed by atoms with van der Waals surface area (Å²) < 4.78 is 55.7. The van der Waals surface area contributed by atoms with E-state index in [-0.39, 0.29) is 19.0 Å². The van der Waals surface area contributed by atoms with Gasteiger partial charge in [-0.3, -0.25) is 19.3 Å². The molecule has 3 rings (SSSR count). The summed E-state index contributed by atoms with van der Waals surface area (Å²) in [5.41, 5.74) is 2.45. The molecule has 2 aromatic carbocycles. The van der Waals surface area contributed by atoms with Gasteiger partial charge in [0.25, 0.3) is 0 Å². The summed E-state index contributed by atoms with van der Waals surface area (Å²) in [6.07, 6.45) is 1.43. The van der Waals surface area contributed by atoms with Crippen molar-refractivity contribution in [3.05, 3.63) is 60.3 Å². The number of hydrogen-bond acceptors (Lipinski definition) is 8. The highest BCUT2D eigenvalue weighted by molar-refractivity contribution is 7.92. The largest absolute Gasteiger partial charge is 0.491 e. The summed E-state index contributed by atoms with van der Waals surface area (Å²) in [6, 6.07) is 15.3. The van der Waals surface area contributed by atoms with E-state index in [1.807, 2.05) is 24.1 Å². The maximum atomic E-state index is 11.4. The predicted molar refractivity (Wildman–Crippen MR) is 140 cm³/mol. The minimum Gasteiger partial charge on any atom is -0.491 e. The lowest BCUT2D eigenvalue weighted by molar-refractivity contribution is 0.0741. The molecule has 10 nitrogen and oxygen atoms in total. The van der Waals surface area contributed by atoms with Crippen molar-refractivity contribution in [2.24, 2.45) is 0 Å². The molecule has 0 saturated carbocycles. The van der Waals surface area contributed by atoms with E-state index in [1.54, 1.807) is 42.5 Å². The predicted octanol–water partition coefficient (Wildman–Crippen LogP) is 2.27. The molecule has 0 radical (unpaired) electrons. The fourth-order valence-electron chi connectivity index (χ4n) is 3.31. The highest BCUT2D eigenvalue weighted by Gasteiger charge is 2.12. The van der Waals surface area contributed by atoms with Crippen LogP contribution in [0, 0.1) is 0 Å². The van der Waals surface area contributed by atoms with Gasteiger partial charge in [0.1, 0.15) is 18.5 Å². The van der Waals surface area contributed by atoms with Crippen LogP contribution in [0.15, 0.2) is 54.6 Å². The van der Waals surface area contributed by atoms with E-state index in [2.05, 4.69) is 14.4 Å². The zero-order valence-electron chi connectivity index (χ0n) is 19.5. The van der Waals surface area contributed by atoms with Gasteiger partial charge in [-0.2, -0.15) is 0 Å². The van der Waals surface area contributed by atoms with Crippen LogP contribution in [-0.2, 0) is 26.6 Å². The normalized spacial score (nSPS) is 12.7. The summed E-state index contributed by atoms with van der Waals surface area (Å²) in [5.74, 6) is 0.515. The number of pyridine rings is 1. The molecule has 0 bridgehead atoms. The average Bonchev–Trinajstić information content (AvgIpc) is 2.71. The summed E-state index contributed by atoms with van der Waals surface area (Å²) in [5, 5.41) is 11.1. The minimum absolute atomic E-state index is 0. The molecule has 192 valence electrons. The van der Waals surface area contributed by atoms with Crippen LogP contribution in [0.2, 0.25) is 0 Å². The Morgan fingerprint density at radius 2 is 1.54 bits per heavy atom. The molecule has 0 aliphatic rings. The molecular formula is C22H29ClN4O6S2. The number of anilines is 2. The van der Waals surface area contributed by atoms with E-state index < -0.39 is 26.2 Å². The molecule has 3 aromatic rings. The van der Waals surface area contributed by atoms with Gasteiger partial charge in [-0.05, 0) is 55.6 Å². The zero-order chi connectivity index (χ0) is 24.9. The van der Waals surface area contributed by atoms with Crippen molar-refractivity contribution in [3.63, 3.8) is 0 Å². The minimum atomic E-state index is -3.35. The van der Waals surface area contributed by atoms with E-state index in [0.29, 0.717) is 30.2 Å². The molecular weight excluding hydrogens is 516 g/mol. The number of aliphatic hydroxyl groups is 1. The van der Waals surface area contributed by atoms with Gasteiger partial charge in [0.2, 0.25) is 20.0 Å². The van der Waals surface area contributed by atoms with Gasteiger partial charge in [0, 0.05) is 29.9 Å². The lowest BCUT2D eigenvalue weighted by Crippen LogP contribution is -2.33. The molecule has 0 aliphatic heterocycles. The summed E-state index contributed by atoms with van der Waals surface area (Å²) in [6.45, 7) is 0.928. The molecule has 0 saturated heterocycles. The molecule has 1 unspecified atom stereocenters. The highest BCUT2D eigenvalue weighted by atomic mass is 35.5. The number of hydrogen-bond donors (Lipinski definition) is 3. The van der Waals surface area contributed by atoms with E-state index >= 15 is 0 Å². The van der Waals surface area contributed by atoms with Crippen LogP contribution in [0.4, 0.5) is 11.4 Å². The Morgan fingerprint density at radius 3 is 2.17 bits per heavy atom. The first-order valence-corrected chi connectivity index (χ1v) is 14.1. The van der Waals surface area contributed by atoms with Crippen molar-refractivity contribution in [3.8, 4) is 5.75 Å². The summed E-state index contributed by atoms with van der Waals surface area (Å²) in [7, 11) is -4.83. The van der Waals surface area contributed by atoms with Gasteiger partial charge in [0.15, 0.2) is 0 Å². The second-order valence-corrected chi connectivity index (χ2v) is 11.6.